The van der Waals surface area contributed by atoms with Gasteiger partial charge in [-0.15, -0.1) is 0 Å². The number of aryl methyl sites for hydroxylation is 1. The van der Waals surface area contributed by atoms with Crippen LogP contribution in [0.15, 0.2) is 35.1 Å². The fourth-order valence-electron chi connectivity index (χ4n) is 1.95. The molecular weight excluding hydrogens is 214 g/mol. The van der Waals surface area contributed by atoms with Crippen molar-refractivity contribution >= 4 is 0 Å². The van der Waals surface area contributed by atoms with Gasteiger partial charge in [0.2, 0.25) is 0 Å². The number of aromatic nitrogens is 2. The van der Waals surface area contributed by atoms with Gasteiger partial charge in [-0.05, 0) is 38.5 Å². The van der Waals surface area contributed by atoms with Crippen LogP contribution in [0.3, 0.4) is 0 Å². The zero-order valence-electron chi connectivity index (χ0n) is 10.3. The van der Waals surface area contributed by atoms with E-state index in [1.165, 1.54) is 0 Å². The predicted octanol–water partition coefficient (Wildman–Crippen LogP) is 2.69. The van der Waals surface area contributed by atoms with Crippen molar-refractivity contribution in [3.05, 3.63) is 42.1 Å². The van der Waals surface area contributed by atoms with Crippen molar-refractivity contribution in [3.8, 4) is 0 Å². The van der Waals surface area contributed by atoms with Gasteiger partial charge in [0.15, 0.2) is 0 Å². The van der Waals surface area contributed by atoms with Crippen LogP contribution >= 0.6 is 0 Å². The van der Waals surface area contributed by atoms with Gasteiger partial charge in [-0.3, -0.25) is 4.68 Å². The van der Waals surface area contributed by atoms with E-state index in [0.29, 0.717) is 6.04 Å². The second-order valence-corrected chi connectivity index (χ2v) is 4.52. The van der Waals surface area contributed by atoms with Crippen LogP contribution in [-0.2, 0) is 6.42 Å². The minimum atomic E-state index is 0.00463. The predicted molar refractivity (Wildman–Crippen MR) is 66.6 cm³/mol. The van der Waals surface area contributed by atoms with Gasteiger partial charge < -0.3 is 10.2 Å². The first-order valence-corrected chi connectivity index (χ1v) is 6.00. The number of hydrogen-bond acceptors (Lipinski definition) is 3. The van der Waals surface area contributed by atoms with Crippen molar-refractivity contribution in [2.45, 2.75) is 38.8 Å². The monoisotopic (exact) mass is 233 g/mol. The van der Waals surface area contributed by atoms with Gasteiger partial charge in [-0.25, -0.2) is 0 Å². The average Bonchev–Trinajstić information content (AvgIpc) is 2.96. The Morgan fingerprint density at radius 3 is 2.88 bits per heavy atom. The quantitative estimate of drug-likeness (QED) is 0.863. The van der Waals surface area contributed by atoms with Gasteiger partial charge in [0, 0.05) is 24.7 Å². The third kappa shape index (κ3) is 2.77. The van der Waals surface area contributed by atoms with Crippen molar-refractivity contribution in [2.75, 3.05) is 0 Å². The van der Waals surface area contributed by atoms with E-state index < -0.39 is 0 Å². The largest absolute Gasteiger partial charge is 0.469 e. The first-order valence-electron chi connectivity index (χ1n) is 6.00. The molecule has 0 aliphatic rings. The Morgan fingerprint density at radius 1 is 1.41 bits per heavy atom. The Bertz CT molecular complexity index is 445. The van der Waals surface area contributed by atoms with Crippen LogP contribution in [0.2, 0.25) is 0 Å². The zero-order valence-corrected chi connectivity index (χ0v) is 10.3. The van der Waals surface area contributed by atoms with E-state index in [1.807, 2.05) is 29.1 Å². The number of nitrogens with zero attached hydrogens (tertiary/aromatic N) is 2. The molecule has 0 spiro atoms. The lowest BCUT2D eigenvalue weighted by atomic mass is 10.1. The summed E-state index contributed by atoms with van der Waals surface area (Å²) in [6.45, 7) is 4.21. The molecule has 2 aromatic rings. The number of rotatable bonds is 5. The molecule has 0 bridgehead atoms. The molecule has 0 aliphatic carbocycles. The number of hydrogen-bond donors (Lipinski definition) is 1. The highest BCUT2D eigenvalue weighted by molar-refractivity contribution is 5.08. The Labute approximate surface area is 101 Å². The van der Waals surface area contributed by atoms with Crippen LogP contribution in [0.1, 0.15) is 43.8 Å². The summed E-state index contributed by atoms with van der Waals surface area (Å²) < 4.78 is 7.28. The van der Waals surface area contributed by atoms with Crippen LogP contribution in [0.4, 0.5) is 0 Å². The summed E-state index contributed by atoms with van der Waals surface area (Å²) in [6.07, 6.45) is 5.23. The number of nitrogens with two attached hydrogens (primary N) is 1. The van der Waals surface area contributed by atoms with E-state index in [4.69, 9.17) is 10.2 Å². The highest BCUT2D eigenvalue weighted by Gasteiger charge is 2.14. The summed E-state index contributed by atoms with van der Waals surface area (Å²) in [5.74, 6) is 0.982. The second-order valence-electron chi connectivity index (χ2n) is 4.52. The Kier molecular flexibility index (Phi) is 3.64. The van der Waals surface area contributed by atoms with Crippen LogP contribution in [0.5, 0.6) is 0 Å². The van der Waals surface area contributed by atoms with Crippen molar-refractivity contribution in [1.82, 2.24) is 9.78 Å². The van der Waals surface area contributed by atoms with E-state index in [-0.39, 0.29) is 6.04 Å². The molecule has 0 saturated heterocycles. The van der Waals surface area contributed by atoms with Gasteiger partial charge in [-0.2, -0.15) is 5.10 Å². The summed E-state index contributed by atoms with van der Waals surface area (Å²) in [5, 5.41) is 4.29. The first-order chi connectivity index (χ1) is 8.18. The SMILES string of the molecule is CC(C)n1nccc1C(N)CCc1ccco1. The van der Waals surface area contributed by atoms with Gasteiger partial charge in [0.05, 0.1) is 12.0 Å². The standard InChI is InChI=1S/C13H19N3O/c1-10(2)16-13(7-8-15-16)12(14)6-5-11-4-3-9-17-11/h3-4,7-10,12H,5-6,14H2,1-2H3. The van der Waals surface area contributed by atoms with Gasteiger partial charge in [-0.1, -0.05) is 0 Å². The molecule has 4 heteroatoms. The Hall–Kier alpha value is -1.55. The molecule has 0 fully saturated rings. The fourth-order valence-corrected chi connectivity index (χ4v) is 1.95. The van der Waals surface area contributed by atoms with Crippen molar-refractivity contribution in [1.29, 1.82) is 0 Å². The fraction of sp³-hybridized carbons (Fsp3) is 0.462. The second kappa shape index (κ2) is 5.19. The van der Waals surface area contributed by atoms with Gasteiger partial charge in [0.25, 0.3) is 0 Å². The number of furan rings is 1. The average molecular weight is 233 g/mol. The minimum Gasteiger partial charge on any atom is -0.469 e. The maximum atomic E-state index is 6.19. The molecule has 0 aliphatic heterocycles. The van der Waals surface area contributed by atoms with Gasteiger partial charge >= 0.3 is 0 Å². The van der Waals surface area contributed by atoms with Crippen LogP contribution in [0.25, 0.3) is 0 Å². The molecule has 1 atom stereocenters. The highest BCUT2D eigenvalue weighted by atomic mass is 16.3. The van der Waals surface area contributed by atoms with E-state index in [9.17, 15) is 0 Å². The molecule has 4 nitrogen and oxygen atoms in total. The van der Waals surface area contributed by atoms with Crippen LogP contribution in [0, 0.1) is 0 Å². The molecule has 1 unspecified atom stereocenters. The molecule has 92 valence electrons. The zero-order chi connectivity index (χ0) is 12.3. The molecule has 0 radical (unpaired) electrons. The molecule has 0 aromatic carbocycles. The lowest BCUT2D eigenvalue weighted by Crippen LogP contribution is -2.18. The molecule has 2 aromatic heterocycles. The van der Waals surface area contributed by atoms with E-state index in [1.54, 1.807) is 6.26 Å². The lowest BCUT2D eigenvalue weighted by Gasteiger charge is -2.16. The molecule has 17 heavy (non-hydrogen) atoms. The van der Waals surface area contributed by atoms with Gasteiger partial charge in [0.1, 0.15) is 5.76 Å². The maximum absolute atomic E-state index is 6.19. The highest BCUT2D eigenvalue weighted by Crippen LogP contribution is 2.19. The normalized spacial score (nSPS) is 13.2. The topological polar surface area (TPSA) is 57.0 Å². The minimum absolute atomic E-state index is 0.00463. The van der Waals surface area contributed by atoms with Crippen LogP contribution in [-0.4, -0.2) is 9.78 Å². The summed E-state index contributed by atoms with van der Waals surface area (Å²) in [6, 6.07) is 6.22. The molecule has 2 heterocycles. The summed E-state index contributed by atoms with van der Waals surface area (Å²) >= 11 is 0. The van der Waals surface area contributed by atoms with Crippen LogP contribution < -0.4 is 5.73 Å². The van der Waals surface area contributed by atoms with E-state index >= 15 is 0 Å². The maximum Gasteiger partial charge on any atom is 0.103 e. The smallest absolute Gasteiger partial charge is 0.103 e. The summed E-state index contributed by atoms with van der Waals surface area (Å²) in [5.41, 5.74) is 7.28. The molecule has 0 amide bonds. The van der Waals surface area contributed by atoms with Crippen molar-refractivity contribution in [3.63, 3.8) is 0 Å². The molecular formula is C13H19N3O. The lowest BCUT2D eigenvalue weighted by molar-refractivity contribution is 0.456. The van der Waals surface area contributed by atoms with Crippen molar-refractivity contribution in [2.24, 2.45) is 5.73 Å². The molecule has 2 N–H and O–H groups in total. The molecule has 2 rings (SSSR count). The Morgan fingerprint density at radius 2 is 2.24 bits per heavy atom. The first kappa shape index (κ1) is 11.9. The third-order valence-corrected chi connectivity index (χ3v) is 2.85. The Balaban J connectivity index is 1.99. The van der Waals surface area contributed by atoms with E-state index in [2.05, 4.69) is 18.9 Å². The van der Waals surface area contributed by atoms with Crippen molar-refractivity contribution < 1.29 is 4.42 Å². The summed E-state index contributed by atoms with van der Waals surface area (Å²) in [7, 11) is 0. The third-order valence-electron chi connectivity index (χ3n) is 2.85. The summed E-state index contributed by atoms with van der Waals surface area (Å²) in [4.78, 5) is 0. The molecule has 0 saturated carbocycles. The van der Waals surface area contributed by atoms with E-state index in [0.717, 1.165) is 24.3 Å².